The highest BCUT2D eigenvalue weighted by atomic mass is 16.6. The molecule has 2 aliphatic rings. The molecule has 0 fully saturated rings. The summed E-state index contributed by atoms with van der Waals surface area (Å²) in [4.78, 5) is 25.7. The molecule has 0 spiro atoms. The summed E-state index contributed by atoms with van der Waals surface area (Å²) in [6.45, 7) is 0. The Morgan fingerprint density at radius 1 is 0.861 bits per heavy atom. The van der Waals surface area contributed by atoms with E-state index in [1.165, 1.54) is 14.2 Å². The number of methoxy groups -OCH3 is 2. The molecule has 2 heterocycles. The van der Waals surface area contributed by atoms with Crippen LogP contribution in [-0.4, -0.2) is 43.9 Å². The summed E-state index contributed by atoms with van der Waals surface area (Å²) in [5, 5.41) is 3.55. The molecule has 36 heavy (non-hydrogen) atoms. The van der Waals surface area contributed by atoms with Crippen molar-refractivity contribution in [3.8, 4) is 11.1 Å². The summed E-state index contributed by atoms with van der Waals surface area (Å²) < 4.78 is 16.5. The Morgan fingerprint density at radius 3 is 2.11 bits per heavy atom. The zero-order valence-electron chi connectivity index (χ0n) is 20.1. The molecule has 5 rings (SSSR count). The van der Waals surface area contributed by atoms with Crippen molar-refractivity contribution in [1.29, 1.82) is 0 Å². The van der Waals surface area contributed by atoms with Gasteiger partial charge in [0.05, 0.1) is 31.4 Å². The first-order valence-corrected chi connectivity index (χ1v) is 11.8. The van der Waals surface area contributed by atoms with Gasteiger partial charge in [-0.05, 0) is 41.3 Å². The van der Waals surface area contributed by atoms with Gasteiger partial charge in [-0.15, -0.1) is 0 Å². The number of carbonyl (C=O) groups excluding carboxylic acids is 2. The van der Waals surface area contributed by atoms with Crippen molar-refractivity contribution in [1.82, 2.24) is 0 Å². The predicted octanol–water partition coefficient (Wildman–Crippen LogP) is 4.73. The van der Waals surface area contributed by atoms with Crippen LogP contribution in [0.1, 0.15) is 5.56 Å². The van der Waals surface area contributed by atoms with Gasteiger partial charge in [0.25, 0.3) is 0 Å². The Labute approximate surface area is 210 Å². The molecular weight excluding hydrogens is 454 g/mol. The zero-order valence-corrected chi connectivity index (χ0v) is 20.1. The Hall–Kier alpha value is -4.16. The molecule has 182 valence electrons. The second-order valence-electron chi connectivity index (χ2n) is 8.79. The smallest absolute Gasteiger partial charge is 0.337 e. The molecule has 6 nitrogen and oxygen atoms in total. The van der Waals surface area contributed by atoms with Crippen LogP contribution in [0.15, 0.2) is 108 Å². The fourth-order valence-electron chi connectivity index (χ4n) is 4.99. The number of fused-ring (bicyclic) bond motifs is 2. The number of hydrogen-bond acceptors (Lipinski definition) is 6. The van der Waals surface area contributed by atoms with Gasteiger partial charge in [0.15, 0.2) is 0 Å². The van der Waals surface area contributed by atoms with E-state index in [1.807, 2.05) is 54.6 Å². The molecule has 1 N–H and O–H groups in total. The van der Waals surface area contributed by atoms with Gasteiger partial charge in [-0.1, -0.05) is 78.9 Å². The van der Waals surface area contributed by atoms with E-state index >= 15 is 0 Å². The Bertz CT molecular complexity index is 1310. The number of hydrogen-bond donors (Lipinski definition) is 1. The standard InChI is InChI=1S/C30H27NO5/c1-34-28(32)26-24-17-18-30(36-24,27(26)29(33)35-2)25(31-23-11-7-4-8-12-23)19-20-13-15-22(16-14-20)21-9-5-3-6-10-21/h3-18,24-25,31H,19H2,1-2H3. The molecule has 2 aliphatic heterocycles. The molecule has 3 unspecified atom stereocenters. The molecule has 3 aromatic rings. The summed E-state index contributed by atoms with van der Waals surface area (Å²) >= 11 is 0. The zero-order chi connectivity index (χ0) is 25.1. The SMILES string of the molecule is COC(=O)C1=C(C(=O)OC)C2(C(Cc3ccc(-c4ccccc4)cc3)Nc3ccccc3)C=CC1O2. The fraction of sp³-hybridized carbons (Fsp3) is 0.200. The Kier molecular flexibility index (Phi) is 6.44. The number of ether oxygens (including phenoxy) is 3. The number of nitrogens with one attached hydrogen (secondary N) is 1. The maximum Gasteiger partial charge on any atom is 0.337 e. The predicted molar refractivity (Wildman–Crippen MR) is 137 cm³/mol. The van der Waals surface area contributed by atoms with E-state index in [4.69, 9.17) is 14.2 Å². The second-order valence-corrected chi connectivity index (χ2v) is 8.79. The van der Waals surface area contributed by atoms with Crippen molar-refractivity contribution in [2.45, 2.75) is 24.2 Å². The lowest BCUT2D eigenvalue weighted by Crippen LogP contribution is -2.49. The van der Waals surface area contributed by atoms with Crippen molar-refractivity contribution >= 4 is 17.6 Å². The van der Waals surface area contributed by atoms with Crippen molar-refractivity contribution < 1.29 is 23.8 Å². The molecule has 0 saturated carbocycles. The van der Waals surface area contributed by atoms with Crippen LogP contribution in [0.3, 0.4) is 0 Å². The third-order valence-corrected chi connectivity index (χ3v) is 6.71. The topological polar surface area (TPSA) is 73.9 Å². The monoisotopic (exact) mass is 481 g/mol. The summed E-state index contributed by atoms with van der Waals surface area (Å²) in [5.41, 5.74) is 3.34. The minimum Gasteiger partial charge on any atom is -0.466 e. The second kappa shape index (κ2) is 9.84. The van der Waals surface area contributed by atoms with E-state index in [0.717, 1.165) is 22.4 Å². The van der Waals surface area contributed by atoms with E-state index < -0.39 is 29.7 Å². The maximum absolute atomic E-state index is 13.0. The minimum absolute atomic E-state index is 0.179. The quantitative estimate of drug-likeness (QED) is 0.371. The van der Waals surface area contributed by atoms with Gasteiger partial charge in [0.1, 0.15) is 11.7 Å². The lowest BCUT2D eigenvalue weighted by atomic mass is 9.79. The molecule has 0 saturated heterocycles. The van der Waals surface area contributed by atoms with Crippen LogP contribution in [0, 0.1) is 0 Å². The first kappa shape index (κ1) is 23.6. The van der Waals surface area contributed by atoms with E-state index in [0.29, 0.717) is 6.42 Å². The van der Waals surface area contributed by atoms with Gasteiger partial charge in [0, 0.05) is 5.69 Å². The molecule has 3 atom stereocenters. The molecule has 3 aromatic carbocycles. The molecule has 0 amide bonds. The summed E-state index contributed by atoms with van der Waals surface area (Å²) in [6.07, 6.45) is 3.51. The van der Waals surface area contributed by atoms with E-state index in [9.17, 15) is 9.59 Å². The van der Waals surface area contributed by atoms with Crippen LogP contribution in [0.2, 0.25) is 0 Å². The largest absolute Gasteiger partial charge is 0.466 e. The average molecular weight is 482 g/mol. The third kappa shape index (κ3) is 4.20. The van der Waals surface area contributed by atoms with E-state index in [1.54, 1.807) is 6.08 Å². The van der Waals surface area contributed by atoms with Crippen molar-refractivity contribution in [2.75, 3.05) is 19.5 Å². The number of anilines is 1. The number of rotatable bonds is 8. The number of esters is 2. The van der Waals surface area contributed by atoms with Gasteiger partial charge in [0.2, 0.25) is 0 Å². The van der Waals surface area contributed by atoms with Crippen molar-refractivity contribution in [3.05, 3.63) is 114 Å². The molecule has 0 radical (unpaired) electrons. The van der Waals surface area contributed by atoms with Gasteiger partial charge in [-0.2, -0.15) is 0 Å². The number of benzene rings is 3. The van der Waals surface area contributed by atoms with Crippen LogP contribution in [0.5, 0.6) is 0 Å². The normalized spacial score (nSPS) is 20.8. The van der Waals surface area contributed by atoms with Gasteiger partial charge < -0.3 is 19.5 Å². The summed E-state index contributed by atoms with van der Waals surface area (Å²) in [6, 6.07) is 27.8. The molecular formula is C30H27NO5. The first-order chi connectivity index (χ1) is 17.6. The Morgan fingerprint density at radius 2 is 1.47 bits per heavy atom. The van der Waals surface area contributed by atoms with Gasteiger partial charge >= 0.3 is 11.9 Å². The van der Waals surface area contributed by atoms with Gasteiger partial charge in [-0.25, -0.2) is 9.59 Å². The molecule has 2 bridgehead atoms. The van der Waals surface area contributed by atoms with Crippen LogP contribution >= 0.6 is 0 Å². The average Bonchev–Trinajstić information content (AvgIpc) is 3.52. The van der Waals surface area contributed by atoms with Crippen molar-refractivity contribution in [2.24, 2.45) is 0 Å². The minimum atomic E-state index is -1.20. The maximum atomic E-state index is 13.0. The lowest BCUT2D eigenvalue weighted by molar-refractivity contribution is -0.139. The third-order valence-electron chi connectivity index (χ3n) is 6.71. The number of para-hydroxylation sites is 1. The van der Waals surface area contributed by atoms with Crippen LogP contribution in [0.25, 0.3) is 11.1 Å². The highest BCUT2D eigenvalue weighted by Crippen LogP contribution is 2.47. The van der Waals surface area contributed by atoms with Crippen LogP contribution < -0.4 is 5.32 Å². The number of carbonyl (C=O) groups is 2. The lowest BCUT2D eigenvalue weighted by Gasteiger charge is -2.36. The highest BCUT2D eigenvalue weighted by Gasteiger charge is 2.58. The van der Waals surface area contributed by atoms with E-state index in [2.05, 4.69) is 41.7 Å². The first-order valence-electron chi connectivity index (χ1n) is 11.8. The summed E-state index contributed by atoms with van der Waals surface area (Å²) in [5.74, 6) is -1.21. The molecule has 0 aromatic heterocycles. The molecule has 0 aliphatic carbocycles. The van der Waals surface area contributed by atoms with Gasteiger partial charge in [-0.3, -0.25) is 0 Å². The van der Waals surface area contributed by atoms with Crippen LogP contribution in [0.4, 0.5) is 5.69 Å². The van der Waals surface area contributed by atoms with Crippen LogP contribution in [-0.2, 0) is 30.2 Å². The van der Waals surface area contributed by atoms with E-state index in [-0.39, 0.29) is 11.1 Å². The summed E-state index contributed by atoms with van der Waals surface area (Å²) in [7, 11) is 2.59. The Balaban J connectivity index is 1.54. The molecule has 6 heteroatoms. The highest BCUT2D eigenvalue weighted by molar-refractivity contribution is 6.05. The van der Waals surface area contributed by atoms with Crippen molar-refractivity contribution in [3.63, 3.8) is 0 Å². The fourth-order valence-corrected chi connectivity index (χ4v) is 4.99.